The maximum Gasteiger partial charge on any atom is 0.129 e. The van der Waals surface area contributed by atoms with E-state index in [9.17, 15) is 0 Å². The van der Waals surface area contributed by atoms with Crippen LogP contribution in [0.5, 0.6) is 0 Å². The van der Waals surface area contributed by atoms with Crippen molar-refractivity contribution in [3.63, 3.8) is 0 Å². The zero-order chi connectivity index (χ0) is 13.0. The van der Waals surface area contributed by atoms with Crippen LogP contribution in [0.25, 0.3) is 0 Å². The second-order valence-corrected chi connectivity index (χ2v) is 5.34. The molecular weight excluding hydrogens is 222 g/mol. The molecule has 2 heterocycles. The van der Waals surface area contributed by atoms with Gasteiger partial charge in [0, 0.05) is 25.3 Å². The Morgan fingerprint density at radius 3 is 2.67 bits per heavy atom. The van der Waals surface area contributed by atoms with E-state index in [1.165, 1.54) is 24.8 Å². The van der Waals surface area contributed by atoms with Crippen LogP contribution in [0.2, 0.25) is 0 Å². The molecule has 1 aromatic rings. The molecule has 18 heavy (non-hydrogen) atoms. The van der Waals surface area contributed by atoms with E-state index in [0.29, 0.717) is 0 Å². The minimum Gasteiger partial charge on any atom is -0.357 e. The van der Waals surface area contributed by atoms with Crippen molar-refractivity contribution < 1.29 is 0 Å². The van der Waals surface area contributed by atoms with Gasteiger partial charge in [0.15, 0.2) is 0 Å². The van der Waals surface area contributed by atoms with E-state index >= 15 is 0 Å². The molecule has 0 radical (unpaired) electrons. The first-order chi connectivity index (χ1) is 8.72. The number of hydrogen-bond donors (Lipinski definition) is 1. The lowest BCUT2D eigenvalue weighted by Gasteiger charge is -2.32. The number of rotatable bonds is 4. The van der Waals surface area contributed by atoms with Gasteiger partial charge in [-0.3, -0.25) is 0 Å². The number of aromatic nitrogens is 1. The first-order valence-corrected chi connectivity index (χ1v) is 7.10. The average Bonchev–Trinajstić information content (AvgIpc) is 2.38. The molecule has 0 spiro atoms. The number of piperidine rings is 1. The van der Waals surface area contributed by atoms with Crippen LogP contribution in [0.4, 0.5) is 5.82 Å². The number of aryl methyl sites for hydroxylation is 1. The van der Waals surface area contributed by atoms with E-state index in [4.69, 9.17) is 0 Å². The van der Waals surface area contributed by atoms with E-state index in [-0.39, 0.29) is 0 Å². The SMILES string of the molecule is CCC1CCN(c2cc(CNC)cc(C)n2)CC1. The fraction of sp³-hybridized carbons (Fsp3) is 0.667. The molecule has 3 nitrogen and oxygen atoms in total. The van der Waals surface area contributed by atoms with E-state index in [1.807, 2.05) is 7.05 Å². The predicted molar refractivity (Wildman–Crippen MR) is 77.0 cm³/mol. The largest absolute Gasteiger partial charge is 0.357 e. The van der Waals surface area contributed by atoms with Gasteiger partial charge in [-0.1, -0.05) is 13.3 Å². The molecule has 1 N–H and O–H groups in total. The van der Waals surface area contributed by atoms with Crippen molar-refractivity contribution in [2.24, 2.45) is 5.92 Å². The van der Waals surface area contributed by atoms with Crippen LogP contribution >= 0.6 is 0 Å². The normalized spacial score (nSPS) is 17.2. The molecule has 100 valence electrons. The van der Waals surface area contributed by atoms with E-state index in [0.717, 1.165) is 37.1 Å². The second-order valence-electron chi connectivity index (χ2n) is 5.34. The Morgan fingerprint density at radius 2 is 2.06 bits per heavy atom. The molecule has 0 saturated carbocycles. The van der Waals surface area contributed by atoms with Gasteiger partial charge in [-0.2, -0.15) is 0 Å². The number of nitrogens with one attached hydrogen (secondary N) is 1. The Bertz CT molecular complexity index is 381. The van der Waals surface area contributed by atoms with Crippen molar-refractivity contribution in [2.75, 3.05) is 25.0 Å². The lowest BCUT2D eigenvalue weighted by Crippen LogP contribution is -2.34. The quantitative estimate of drug-likeness (QED) is 0.886. The Morgan fingerprint density at radius 1 is 1.33 bits per heavy atom. The average molecular weight is 247 g/mol. The molecule has 0 amide bonds. The maximum atomic E-state index is 4.69. The van der Waals surface area contributed by atoms with Crippen molar-refractivity contribution >= 4 is 5.82 Å². The molecule has 1 fully saturated rings. The third-order valence-corrected chi connectivity index (χ3v) is 3.90. The van der Waals surface area contributed by atoms with Crippen molar-refractivity contribution in [1.82, 2.24) is 10.3 Å². The summed E-state index contributed by atoms with van der Waals surface area (Å²) >= 11 is 0. The van der Waals surface area contributed by atoms with E-state index in [1.54, 1.807) is 0 Å². The van der Waals surface area contributed by atoms with E-state index in [2.05, 4.69) is 41.2 Å². The van der Waals surface area contributed by atoms with Gasteiger partial charge >= 0.3 is 0 Å². The molecule has 1 aliphatic rings. The molecule has 1 saturated heterocycles. The molecule has 1 aromatic heterocycles. The van der Waals surface area contributed by atoms with Crippen LogP contribution < -0.4 is 10.2 Å². The van der Waals surface area contributed by atoms with Crippen molar-refractivity contribution in [3.8, 4) is 0 Å². The monoisotopic (exact) mass is 247 g/mol. The van der Waals surface area contributed by atoms with Gasteiger partial charge in [0.1, 0.15) is 5.82 Å². The van der Waals surface area contributed by atoms with Crippen molar-refractivity contribution in [3.05, 3.63) is 23.4 Å². The van der Waals surface area contributed by atoms with Crippen LogP contribution in [0.1, 0.15) is 37.4 Å². The van der Waals surface area contributed by atoms with Gasteiger partial charge in [0.2, 0.25) is 0 Å². The van der Waals surface area contributed by atoms with Gasteiger partial charge in [-0.25, -0.2) is 4.98 Å². The lowest BCUT2D eigenvalue weighted by molar-refractivity contribution is 0.393. The van der Waals surface area contributed by atoms with Gasteiger partial charge < -0.3 is 10.2 Å². The third kappa shape index (κ3) is 3.22. The summed E-state index contributed by atoms with van der Waals surface area (Å²) in [5, 5.41) is 3.21. The van der Waals surface area contributed by atoms with Gasteiger partial charge in [0.25, 0.3) is 0 Å². The minimum absolute atomic E-state index is 0.918. The van der Waals surface area contributed by atoms with Crippen LogP contribution in [0.15, 0.2) is 12.1 Å². The fourth-order valence-electron chi connectivity index (χ4n) is 2.76. The van der Waals surface area contributed by atoms with Crippen LogP contribution in [-0.4, -0.2) is 25.1 Å². The summed E-state index contributed by atoms with van der Waals surface area (Å²) in [5.41, 5.74) is 2.45. The van der Waals surface area contributed by atoms with Crippen LogP contribution in [0.3, 0.4) is 0 Å². The Hall–Kier alpha value is -1.09. The molecule has 0 atom stereocenters. The number of nitrogens with zero attached hydrogens (tertiary/aromatic N) is 2. The first-order valence-electron chi connectivity index (χ1n) is 7.10. The first kappa shape index (κ1) is 13.3. The highest BCUT2D eigenvalue weighted by Gasteiger charge is 2.19. The molecule has 1 aliphatic heterocycles. The molecular formula is C15H25N3. The Kier molecular flexibility index (Phi) is 4.59. The van der Waals surface area contributed by atoms with Gasteiger partial charge in [-0.15, -0.1) is 0 Å². The minimum atomic E-state index is 0.918. The van der Waals surface area contributed by atoms with Crippen LogP contribution in [0, 0.1) is 12.8 Å². The topological polar surface area (TPSA) is 28.2 Å². The van der Waals surface area contributed by atoms with Crippen LogP contribution in [-0.2, 0) is 6.54 Å². The highest BCUT2D eigenvalue weighted by molar-refractivity contribution is 5.43. The summed E-state index contributed by atoms with van der Waals surface area (Å²) in [7, 11) is 1.99. The second kappa shape index (κ2) is 6.19. The number of anilines is 1. The Labute approximate surface area is 111 Å². The zero-order valence-electron chi connectivity index (χ0n) is 11.9. The summed E-state index contributed by atoms with van der Waals surface area (Å²) in [6.07, 6.45) is 3.95. The highest BCUT2D eigenvalue weighted by atomic mass is 15.2. The molecule has 3 heteroatoms. The Balaban J connectivity index is 2.08. The van der Waals surface area contributed by atoms with E-state index < -0.39 is 0 Å². The van der Waals surface area contributed by atoms with Gasteiger partial charge in [-0.05, 0) is 50.4 Å². The number of pyridine rings is 1. The molecule has 0 aromatic carbocycles. The third-order valence-electron chi connectivity index (χ3n) is 3.90. The zero-order valence-corrected chi connectivity index (χ0v) is 11.9. The van der Waals surface area contributed by atoms with Crippen molar-refractivity contribution in [2.45, 2.75) is 39.7 Å². The fourth-order valence-corrected chi connectivity index (χ4v) is 2.76. The summed E-state index contributed by atoms with van der Waals surface area (Å²) in [6, 6.07) is 4.40. The summed E-state index contributed by atoms with van der Waals surface area (Å²) in [4.78, 5) is 7.13. The lowest BCUT2D eigenvalue weighted by atomic mass is 9.94. The summed E-state index contributed by atoms with van der Waals surface area (Å²) < 4.78 is 0. The standard InChI is InChI=1S/C15H25N3/c1-4-13-5-7-18(8-6-13)15-10-14(11-16-3)9-12(2)17-15/h9-10,13,16H,4-8,11H2,1-3H3. The molecule has 0 aliphatic carbocycles. The summed E-state index contributed by atoms with van der Waals surface area (Å²) in [5.74, 6) is 2.08. The number of hydrogen-bond acceptors (Lipinski definition) is 3. The maximum absolute atomic E-state index is 4.69. The summed E-state index contributed by atoms with van der Waals surface area (Å²) in [6.45, 7) is 7.63. The van der Waals surface area contributed by atoms with Gasteiger partial charge in [0.05, 0.1) is 0 Å². The molecule has 0 unspecified atom stereocenters. The van der Waals surface area contributed by atoms with Crippen molar-refractivity contribution in [1.29, 1.82) is 0 Å². The smallest absolute Gasteiger partial charge is 0.129 e. The molecule has 2 rings (SSSR count). The molecule has 0 bridgehead atoms. The predicted octanol–water partition coefficient (Wildman–Crippen LogP) is 2.74. The highest BCUT2D eigenvalue weighted by Crippen LogP contribution is 2.24.